The fourth-order valence-corrected chi connectivity index (χ4v) is 2.41. The third kappa shape index (κ3) is 2.30. The van der Waals surface area contributed by atoms with Gasteiger partial charge in [0.1, 0.15) is 5.69 Å². The van der Waals surface area contributed by atoms with Crippen molar-refractivity contribution in [2.75, 3.05) is 0 Å². The van der Waals surface area contributed by atoms with Gasteiger partial charge in [-0.05, 0) is 0 Å². The van der Waals surface area contributed by atoms with E-state index in [9.17, 15) is 4.79 Å². The maximum atomic E-state index is 12.4. The molecule has 0 radical (unpaired) electrons. The number of aromatic nitrogens is 2. The number of hydrogen-bond donors (Lipinski definition) is 0. The molecule has 0 atom stereocenters. The van der Waals surface area contributed by atoms with Gasteiger partial charge in [0.2, 0.25) is 5.78 Å². The van der Waals surface area contributed by atoms with E-state index in [1.165, 1.54) is 0 Å². The summed E-state index contributed by atoms with van der Waals surface area (Å²) in [5, 5.41) is 0. The number of benzene rings is 2. The maximum Gasteiger partial charge on any atom is 0.214 e. The first-order valence-electron chi connectivity index (χ1n) is 5.84. The molecule has 0 unspecified atom stereocenters. The van der Waals surface area contributed by atoms with Gasteiger partial charge < -0.3 is 0 Å². The van der Waals surface area contributed by atoms with Crippen LogP contribution in [0.25, 0.3) is 11.3 Å². The number of ketones is 1. The van der Waals surface area contributed by atoms with Gasteiger partial charge in [0, 0.05) is 11.1 Å². The average molecular weight is 266 g/mol. The Bertz CT molecular complexity index is 692. The normalized spacial score (nSPS) is 10.3. The third-order valence-electron chi connectivity index (χ3n) is 2.79. The maximum absolute atomic E-state index is 12.4. The van der Waals surface area contributed by atoms with E-state index in [4.69, 9.17) is 0 Å². The first-order chi connectivity index (χ1) is 9.36. The predicted octanol–water partition coefficient (Wildman–Crippen LogP) is 3.44. The molecule has 4 heteroatoms. The van der Waals surface area contributed by atoms with Crippen molar-refractivity contribution in [1.82, 2.24) is 8.75 Å². The van der Waals surface area contributed by atoms with Gasteiger partial charge in [0.15, 0.2) is 5.69 Å². The fraction of sp³-hybridized carbons (Fsp3) is 0. The van der Waals surface area contributed by atoms with Crippen LogP contribution >= 0.6 is 11.7 Å². The quantitative estimate of drug-likeness (QED) is 0.682. The van der Waals surface area contributed by atoms with Crippen molar-refractivity contribution in [2.24, 2.45) is 0 Å². The van der Waals surface area contributed by atoms with E-state index in [0.29, 0.717) is 17.0 Å². The van der Waals surface area contributed by atoms with Crippen LogP contribution in [0.4, 0.5) is 0 Å². The molecule has 19 heavy (non-hydrogen) atoms. The van der Waals surface area contributed by atoms with Gasteiger partial charge in [-0.2, -0.15) is 8.75 Å². The van der Waals surface area contributed by atoms with Gasteiger partial charge in [-0.15, -0.1) is 0 Å². The largest absolute Gasteiger partial charge is 0.287 e. The highest BCUT2D eigenvalue weighted by Crippen LogP contribution is 2.23. The van der Waals surface area contributed by atoms with Gasteiger partial charge in [-0.3, -0.25) is 4.79 Å². The van der Waals surface area contributed by atoms with Crippen LogP contribution in [0.1, 0.15) is 16.1 Å². The smallest absolute Gasteiger partial charge is 0.214 e. The molecule has 0 amide bonds. The van der Waals surface area contributed by atoms with Crippen LogP contribution in [0, 0.1) is 0 Å². The zero-order chi connectivity index (χ0) is 13.1. The summed E-state index contributed by atoms with van der Waals surface area (Å²) >= 11 is 1.06. The minimum Gasteiger partial charge on any atom is -0.287 e. The molecule has 3 rings (SSSR count). The lowest BCUT2D eigenvalue weighted by Crippen LogP contribution is -2.03. The Morgan fingerprint density at radius 3 is 2.16 bits per heavy atom. The van der Waals surface area contributed by atoms with Crippen molar-refractivity contribution in [1.29, 1.82) is 0 Å². The van der Waals surface area contributed by atoms with Crippen molar-refractivity contribution in [2.45, 2.75) is 0 Å². The Hall–Kier alpha value is -2.33. The molecule has 0 aliphatic heterocycles. The van der Waals surface area contributed by atoms with Crippen molar-refractivity contribution in [3.8, 4) is 11.3 Å². The summed E-state index contributed by atoms with van der Waals surface area (Å²) in [6, 6.07) is 18.8. The second-order valence-corrected chi connectivity index (χ2v) is 4.55. The Balaban J connectivity index is 2.04. The van der Waals surface area contributed by atoms with Crippen LogP contribution in [-0.4, -0.2) is 14.5 Å². The molecule has 0 spiro atoms. The lowest BCUT2D eigenvalue weighted by molar-refractivity contribution is 0.103. The molecule has 0 saturated heterocycles. The van der Waals surface area contributed by atoms with Crippen LogP contribution in [0.2, 0.25) is 0 Å². The highest BCUT2D eigenvalue weighted by atomic mass is 32.1. The molecule has 0 saturated carbocycles. The van der Waals surface area contributed by atoms with Crippen LogP contribution in [-0.2, 0) is 0 Å². The van der Waals surface area contributed by atoms with Gasteiger partial charge in [0.05, 0.1) is 11.7 Å². The summed E-state index contributed by atoms with van der Waals surface area (Å²) < 4.78 is 8.39. The predicted molar refractivity (Wildman–Crippen MR) is 75.2 cm³/mol. The van der Waals surface area contributed by atoms with E-state index in [1.54, 1.807) is 12.1 Å². The first-order valence-corrected chi connectivity index (χ1v) is 6.57. The Morgan fingerprint density at radius 1 is 0.842 bits per heavy atom. The fourth-order valence-electron chi connectivity index (χ4n) is 1.85. The Morgan fingerprint density at radius 2 is 1.47 bits per heavy atom. The highest BCUT2D eigenvalue weighted by molar-refractivity contribution is 6.99. The molecule has 0 N–H and O–H groups in total. The summed E-state index contributed by atoms with van der Waals surface area (Å²) in [5.41, 5.74) is 2.62. The minimum absolute atomic E-state index is 0.0896. The molecule has 0 bridgehead atoms. The minimum atomic E-state index is -0.0896. The van der Waals surface area contributed by atoms with E-state index in [0.717, 1.165) is 17.3 Å². The summed E-state index contributed by atoms with van der Waals surface area (Å²) in [5.74, 6) is -0.0896. The highest BCUT2D eigenvalue weighted by Gasteiger charge is 2.18. The van der Waals surface area contributed by atoms with Crippen molar-refractivity contribution < 1.29 is 4.79 Å². The number of carbonyl (C=O) groups is 1. The first kappa shape index (κ1) is 11.7. The molecule has 2 aromatic carbocycles. The summed E-state index contributed by atoms with van der Waals surface area (Å²) in [7, 11) is 0. The molecule has 3 nitrogen and oxygen atoms in total. The zero-order valence-electron chi connectivity index (χ0n) is 9.98. The van der Waals surface area contributed by atoms with Crippen molar-refractivity contribution in [3.63, 3.8) is 0 Å². The lowest BCUT2D eigenvalue weighted by atomic mass is 10.0. The van der Waals surface area contributed by atoms with Crippen molar-refractivity contribution >= 4 is 17.5 Å². The molecule has 92 valence electrons. The van der Waals surface area contributed by atoms with E-state index in [-0.39, 0.29) is 5.78 Å². The molecule has 0 aliphatic rings. The number of hydrogen-bond acceptors (Lipinski definition) is 4. The van der Waals surface area contributed by atoms with Gasteiger partial charge in [-0.1, -0.05) is 60.7 Å². The van der Waals surface area contributed by atoms with E-state index >= 15 is 0 Å². The SMILES string of the molecule is O=C(c1ccccc1)c1nsnc1-c1ccccc1. The molecule has 1 aromatic heterocycles. The monoisotopic (exact) mass is 266 g/mol. The Labute approximate surface area is 114 Å². The number of rotatable bonds is 3. The van der Waals surface area contributed by atoms with E-state index in [1.807, 2.05) is 48.5 Å². The summed E-state index contributed by atoms with van der Waals surface area (Å²) in [4.78, 5) is 12.4. The molecule has 0 aliphatic carbocycles. The number of nitrogens with zero attached hydrogens (tertiary/aromatic N) is 2. The number of carbonyl (C=O) groups excluding carboxylic acids is 1. The van der Waals surface area contributed by atoms with Crippen LogP contribution in [0.3, 0.4) is 0 Å². The second-order valence-electron chi connectivity index (χ2n) is 4.02. The molecule has 3 aromatic rings. The topological polar surface area (TPSA) is 42.9 Å². The van der Waals surface area contributed by atoms with Gasteiger partial charge in [-0.25, -0.2) is 0 Å². The third-order valence-corrected chi connectivity index (χ3v) is 3.32. The zero-order valence-corrected chi connectivity index (χ0v) is 10.8. The van der Waals surface area contributed by atoms with Crippen molar-refractivity contribution in [3.05, 3.63) is 71.9 Å². The van der Waals surface area contributed by atoms with E-state index in [2.05, 4.69) is 8.75 Å². The van der Waals surface area contributed by atoms with E-state index < -0.39 is 0 Å². The molecule has 1 heterocycles. The molecular formula is C15H10N2OS. The van der Waals surface area contributed by atoms with Crippen LogP contribution in [0.5, 0.6) is 0 Å². The average Bonchev–Trinajstić information content (AvgIpc) is 2.98. The Kier molecular flexibility index (Phi) is 3.16. The molecule has 0 fully saturated rings. The lowest BCUT2D eigenvalue weighted by Gasteiger charge is -2.00. The van der Waals surface area contributed by atoms with Crippen LogP contribution < -0.4 is 0 Å². The second kappa shape index (κ2) is 5.12. The summed E-state index contributed by atoms with van der Waals surface area (Å²) in [6.45, 7) is 0. The van der Waals surface area contributed by atoms with Gasteiger partial charge >= 0.3 is 0 Å². The molecular weight excluding hydrogens is 256 g/mol. The van der Waals surface area contributed by atoms with Gasteiger partial charge in [0.25, 0.3) is 0 Å². The van der Waals surface area contributed by atoms with Crippen LogP contribution in [0.15, 0.2) is 60.7 Å². The standard InChI is InChI=1S/C15H10N2OS/c18-15(12-9-5-2-6-10-12)14-13(16-19-17-14)11-7-3-1-4-8-11/h1-10H. The summed E-state index contributed by atoms with van der Waals surface area (Å²) in [6.07, 6.45) is 0.